The van der Waals surface area contributed by atoms with Crippen LogP contribution in [0.5, 0.6) is 0 Å². The van der Waals surface area contributed by atoms with Crippen molar-refractivity contribution in [1.29, 1.82) is 0 Å². The van der Waals surface area contributed by atoms with Gasteiger partial charge in [-0.1, -0.05) is 0 Å². The van der Waals surface area contributed by atoms with Gasteiger partial charge in [0, 0.05) is 19.0 Å². The molecule has 0 aromatic rings. The van der Waals surface area contributed by atoms with Crippen LogP contribution in [0.2, 0.25) is 0 Å². The molecule has 2 atom stereocenters. The quantitative estimate of drug-likeness (QED) is 0.419. The second-order valence-corrected chi connectivity index (χ2v) is 4.01. The molecule has 7 heteroatoms. The summed E-state index contributed by atoms with van der Waals surface area (Å²) in [4.78, 5) is 16.7. The van der Waals surface area contributed by atoms with Crippen molar-refractivity contribution in [1.82, 2.24) is 5.32 Å². The Morgan fingerprint density at radius 1 is 1.50 bits per heavy atom. The lowest BCUT2D eigenvalue weighted by atomic mass is 10.1. The molecule has 0 aromatic carbocycles. The molecule has 0 amide bonds. The van der Waals surface area contributed by atoms with E-state index in [0.29, 0.717) is 13.1 Å². The van der Waals surface area contributed by atoms with Crippen LogP contribution < -0.4 is 5.32 Å². The van der Waals surface area contributed by atoms with Gasteiger partial charge in [0.15, 0.2) is 0 Å². The number of hydrogen-bond acceptors (Lipinski definition) is 4. The largest absolute Gasteiger partial charge is 0.469 e. The van der Waals surface area contributed by atoms with E-state index in [0.717, 1.165) is 0 Å². The maximum absolute atomic E-state index is 10.3. The van der Waals surface area contributed by atoms with E-state index >= 15 is 0 Å². The molecule has 0 aromatic heterocycles. The Bertz CT molecular complexity index is 192. The summed E-state index contributed by atoms with van der Waals surface area (Å²) >= 11 is 0. The molecule has 0 aliphatic carbocycles. The molecule has 0 radical (unpaired) electrons. The number of phosphoric acid groups is 1. The minimum Gasteiger partial charge on any atom is -0.391 e. The maximum Gasteiger partial charge on any atom is 0.469 e. The lowest BCUT2D eigenvalue weighted by Gasteiger charge is -2.13. The van der Waals surface area contributed by atoms with E-state index in [1.165, 1.54) is 0 Å². The Kier molecular flexibility index (Phi) is 3.22. The zero-order valence-electron chi connectivity index (χ0n) is 6.38. The van der Waals surface area contributed by atoms with Gasteiger partial charge in [-0.15, -0.1) is 0 Å². The molecule has 1 aliphatic heterocycles. The first-order chi connectivity index (χ1) is 5.49. The number of hydrogen-bond donors (Lipinski definition) is 4. The van der Waals surface area contributed by atoms with Gasteiger partial charge in [0.05, 0.1) is 12.7 Å². The van der Waals surface area contributed by atoms with Gasteiger partial charge < -0.3 is 20.2 Å². The molecule has 1 heterocycles. The van der Waals surface area contributed by atoms with Gasteiger partial charge in [0.1, 0.15) is 0 Å². The van der Waals surface area contributed by atoms with Gasteiger partial charge in [0.2, 0.25) is 0 Å². The molecule has 72 valence electrons. The van der Waals surface area contributed by atoms with Crippen molar-refractivity contribution in [3.8, 4) is 0 Å². The van der Waals surface area contributed by atoms with Crippen molar-refractivity contribution in [2.45, 2.75) is 6.10 Å². The number of aliphatic hydroxyl groups excluding tert-OH is 1. The number of phosphoric ester groups is 1. The molecule has 0 unspecified atom stereocenters. The minimum atomic E-state index is -4.38. The van der Waals surface area contributed by atoms with Gasteiger partial charge in [-0.2, -0.15) is 0 Å². The van der Waals surface area contributed by atoms with Gasteiger partial charge >= 0.3 is 7.82 Å². The molecule has 0 bridgehead atoms. The zero-order valence-corrected chi connectivity index (χ0v) is 7.28. The molecule has 0 spiro atoms. The summed E-state index contributed by atoms with van der Waals surface area (Å²) in [5.74, 6) is -0.224. The highest BCUT2D eigenvalue weighted by Gasteiger charge is 2.27. The van der Waals surface area contributed by atoms with Gasteiger partial charge in [-0.25, -0.2) is 4.57 Å². The van der Waals surface area contributed by atoms with Crippen LogP contribution in [0.1, 0.15) is 0 Å². The fourth-order valence-corrected chi connectivity index (χ4v) is 1.47. The van der Waals surface area contributed by atoms with Crippen molar-refractivity contribution in [3.63, 3.8) is 0 Å². The summed E-state index contributed by atoms with van der Waals surface area (Å²) in [6.45, 7) is 0.870. The third-order valence-electron chi connectivity index (χ3n) is 1.76. The Balaban J connectivity index is 2.27. The Morgan fingerprint density at radius 2 is 2.17 bits per heavy atom. The monoisotopic (exact) mass is 197 g/mol. The third kappa shape index (κ3) is 3.18. The smallest absolute Gasteiger partial charge is 0.391 e. The van der Waals surface area contributed by atoms with E-state index in [-0.39, 0.29) is 12.5 Å². The fraction of sp³-hybridized carbons (Fsp3) is 1.00. The highest BCUT2D eigenvalue weighted by atomic mass is 31.2. The van der Waals surface area contributed by atoms with Crippen molar-refractivity contribution in [2.24, 2.45) is 5.92 Å². The Morgan fingerprint density at radius 3 is 2.58 bits per heavy atom. The summed E-state index contributed by atoms with van der Waals surface area (Å²) < 4.78 is 14.5. The predicted octanol–water partition coefficient (Wildman–Crippen LogP) is -1.32. The summed E-state index contributed by atoms with van der Waals surface area (Å²) in [5, 5.41) is 12.1. The summed E-state index contributed by atoms with van der Waals surface area (Å²) in [6.07, 6.45) is -0.573. The molecule has 6 nitrogen and oxygen atoms in total. The van der Waals surface area contributed by atoms with Crippen LogP contribution >= 0.6 is 7.82 Å². The normalized spacial score (nSPS) is 30.9. The first-order valence-electron chi connectivity index (χ1n) is 3.58. The van der Waals surface area contributed by atoms with Crippen molar-refractivity contribution >= 4 is 7.82 Å². The Hall–Kier alpha value is 0.0300. The average Bonchev–Trinajstić information content (AvgIpc) is 2.29. The predicted molar refractivity (Wildman–Crippen MR) is 40.4 cm³/mol. The van der Waals surface area contributed by atoms with E-state index in [1.807, 2.05) is 0 Å². The highest BCUT2D eigenvalue weighted by Crippen LogP contribution is 2.36. The van der Waals surface area contributed by atoms with Crippen LogP contribution in [-0.2, 0) is 9.09 Å². The van der Waals surface area contributed by atoms with E-state index in [4.69, 9.17) is 9.79 Å². The molecular formula is C5H12NO5P. The van der Waals surface area contributed by atoms with Crippen molar-refractivity contribution < 1.29 is 24.0 Å². The second-order valence-electron chi connectivity index (χ2n) is 2.77. The van der Waals surface area contributed by atoms with Gasteiger partial charge in [-0.3, -0.25) is 4.52 Å². The summed E-state index contributed by atoms with van der Waals surface area (Å²) in [7, 11) is -4.38. The van der Waals surface area contributed by atoms with Crippen molar-refractivity contribution in [3.05, 3.63) is 0 Å². The lowest BCUT2D eigenvalue weighted by molar-refractivity contribution is 0.0958. The van der Waals surface area contributed by atoms with Crippen LogP contribution in [0.3, 0.4) is 0 Å². The molecule has 0 saturated carbocycles. The number of nitrogens with one attached hydrogen (secondary N) is 1. The molecule has 12 heavy (non-hydrogen) atoms. The van der Waals surface area contributed by atoms with Gasteiger partial charge in [0.25, 0.3) is 0 Å². The molecule has 1 rings (SSSR count). The average molecular weight is 197 g/mol. The maximum atomic E-state index is 10.3. The minimum absolute atomic E-state index is 0.113. The third-order valence-corrected chi connectivity index (χ3v) is 2.25. The lowest BCUT2D eigenvalue weighted by Crippen LogP contribution is -2.22. The van der Waals surface area contributed by atoms with Crippen LogP contribution in [0.25, 0.3) is 0 Å². The van der Waals surface area contributed by atoms with Gasteiger partial charge in [-0.05, 0) is 0 Å². The SMILES string of the molecule is O=P(O)(O)OC[C@H]1CNC[C@@H]1O. The molecular weight excluding hydrogens is 185 g/mol. The van der Waals surface area contributed by atoms with Crippen LogP contribution in [-0.4, -0.2) is 40.7 Å². The number of β-amino-alcohol motifs (C(OH)–C–C–N with tert-alkyl or cyclic N) is 1. The van der Waals surface area contributed by atoms with E-state index in [9.17, 15) is 9.67 Å². The Labute approximate surface area is 69.8 Å². The van der Waals surface area contributed by atoms with Crippen LogP contribution in [0.4, 0.5) is 0 Å². The highest BCUT2D eigenvalue weighted by molar-refractivity contribution is 7.46. The first kappa shape index (κ1) is 10.1. The molecule has 1 aliphatic rings. The summed E-state index contributed by atoms with van der Waals surface area (Å²) in [6, 6.07) is 0. The molecule has 1 fully saturated rings. The zero-order chi connectivity index (χ0) is 9.19. The van der Waals surface area contributed by atoms with Crippen LogP contribution in [0.15, 0.2) is 0 Å². The van der Waals surface area contributed by atoms with Crippen LogP contribution in [0, 0.1) is 5.92 Å². The second kappa shape index (κ2) is 3.83. The molecule has 4 N–H and O–H groups in total. The van der Waals surface area contributed by atoms with E-state index < -0.39 is 13.9 Å². The first-order valence-corrected chi connectivity index (χ1v) is 5.11. The van der Waals surface area contributed by atoms with E-state index in [1.54, 1.807) is 0 Å². The summed E-state index contributed by atoms with van der Waals surface area (Å²) in [5.41, 5.74) is 0. The fourth-order valence-electron chi connectivity index (χ4n) is 1.08. The topological polar surface area (TPSA) is 99.0 Å². The standard InChI is InChI=1S/C5H12NO5P/c7-5-2-6-1-4(5)3-11-12(8,9)10/h4-7H,1-3H2,(H2,8,9,10)/t4-,5+/m1/s1. The van der Waals surface area contributed by atoms with Crippen molar-refractivity contribution in [2.75, 3.05) is 19.7 Å². The number of aliphatic hydroxyl groups is 1. The number of rotatable bonds is 3. The molecule has 1 saturated heterocycles. The van der Waals surface area contributed by atoms with E-state index in [2.05, 4.69) is 9.84 Å².